The number of nitrogens with one attached hydrogen (secondary N) is 2. The van der Waals surface area contributed by atoms with Crippen molar-refractivity contribution in [2.24, 2.45) is 0 Å². The average Bonchev–Trinajstić information content (AvgIpc) is 3.61. The Bertz CT molecular complexity index is 1470. The summed E-state index contributed by atoms with van der Waals surface area (Å²) in [6.07, 6.45) is 9.16. The number of Topliss-reactive ketones (excluding diaryl/α,β-unsaturated/α-hetero) is 1. The standard InChI is InChI=1S/C30H32N4O5/c1-19(35)17-39-25-11-9-23(10-12-25)32-29(36)20(2)31-30(37)21-8-13-27-26(16-21)33-28(22-14-15-38-18-22)34(27)24-6-4-3-5-7-24/h8-16,18,20,24H,3-7,17H2,1-2H3,(H,31,37)(H,32,36). The molecule has 2 N–H and O–H groups in total. The maximum absolute atomic E-state index is 13.1. The van der Waals surface area contributed by atoms with Crippen LogP contribution in [0, 0.1) is 0 Å². The maximum Gasteiger partial charge on any atom is 0.251 e. The van der Waals surface area contributed by atoms with Gasteiger partial charge in [-0.1, -0.05) is 19.3 Å². The van der Waals surface area contributed by atoms with Crippen molar-refractivity contribution in [1.29, 1.82) is 0 Å². The number of ether oxygens (including phenoxy) is 1. The Morgan fingerprint density at radius 2 is 1.85 bits per heavy atom. The van der Waals surface area contributed by atoms with Crippen LogP contribution in [0.5, 0.6) is 5.75 Å². The predicted octanol–water partition coefficient (Wildman–Crippen LogP) is 5.53. The van der Waals surface area contributed by atoms with Crippen LogP contribution in [0.3, 0.4) is 0 Å². The van der Waals surface area contributed by atoms with E-state index in [-0.39, 0.29) is 24.2 Å². The number of rotatable bonds is 9. The number of imidazole rings is 1. The third kappa shape index (κ3) is 6.03. The third-order valence-electron chi connectivity index (χ3n) is 6.98. The van der Waals surface area contributed by atoms with Crippen molar-refractivity contribution in [1.82, 2.24) is 14.9 Å². The van der Waals surface area contributed by atoms with E-state index in [1.807, 2.05) is 12.1 Å². The van der Waals surface area contributed by atoms with Gasteiger partial charge in [-0.2, -0.15) is 0 Å². The first kappa shape index (κ1) is 26.2. The number of anilines is 1. The molecule has 1 fully saturated rings. The second-order valence-corrected chi connectivity index (χ2v) is 10.0. The molecule has 4 aromatic rings. The minimum atomic E-state index is -0.775. The predicted molar refractivity (Wildman–Crippen MR) is 148 cm³/mol. The number of fused-ring (bicyclic) bond motifs is 1. The lowest BCUT2D eigenvalue weighted by Crippen LogP contribution is -2.41. The van der Waals surface area contributed by atoms with Gasteiger partial charge < -0.3 is 24.4 Å². The van der Waals surface area contributed by atoms with E-state index in [2.05, 4.69) is 15.2 Å². The van der Waals surface area contributed by atoms with Gasteiger partial charge in [0.05, 0.1) is 22.9 Å². The van der Waals surface area contributed by atoms with E-state index in [9.17, 15) is 14.4 Å². The Labute approximate surface area is 226 Å². The molecular weight excluding hydrogens is 496 g/mol. The molecule has 39 heavy (non-hydrogen) atoms. The van der Waals surface area contributed by atoms with Crippen molar-refractivity contribution in [3.8, 4) is 17.1 Å². The highest BCUT2D eigenvalue weighted by molar-refractivity contribution is 6.02. The maximum atomic E-state index is 13.1. The number of hydrogen-bond acceptors (Lipinski definition) is 6. The Morgan fingerprint density at radius 1 is 1.08 bits per heavy atom. The minimum Gasteiger partial charge on any atom is -0.486 e. The molecule has 1 unspecified atom stereocenters. The monoisotopic (exact) mass is 528 g/mol. The number of hydrogen-bond donors (Lipinski definition) is 2. The summed E-state index contributed by atoms with van der Waals surface area (Å²) in [4.78, 5) is 41.7. The normalized spacial score (nSPS) is 14.6. The summed E-state index contributed by atoms with van der Waals surface area (Å²) < 4.78 is 13.0. The Hall–Kier alpha value is -4.40. The fourth-order valence-electron chi connectivity index (χ4n) is 4.96. The van der Waals surface area contributed by atoms with E-state index < -0.39 is 6.04 Å². The van der Waals surface area contributed by atoms with Crippen molar-refractivity contribution < 1.29 is 23.5 Å². The molecule has 9 heteroatoms. The highest BCUT2D eigenvalue weighted by Crippen LogP contribution is 2.36. The van der Waals surface area contributed by atoms with E-state index >= 15 is 0 Å². The molecule has 0 saturated heterocycles. The molecule has 2 aromatic heterocycles. The summed E-state index contributed by atoms with van der Waals surface area (Å²) >= 11 is 0. The number of aromatic nitrogens is 2. The molecule has 0 radical (unpaired) electrons. The molecule has 0 spiro atoms. The van der Waals surface area contributed by atoms with Gasteiger partial charge in [-0.3, -0.25) is 14.4 Å². The smallest absolute Gasteiger partial charge is 0.251 e. The van der Waals surface area contributed by atoms with Crippen molar-refractivity contribution in [3.05, 3.63) is 66.6 Å². The molecule has 2 aromatic carbocycles. The molecule has 2 heterocycles. The molecule has 0 bridgehead atoms. The van der Waals surface area contributed by atoms with Crippen molar-refractivity contribution in [2.45, 2.75) is 58.0 Å². The first-order chi connectivity index (χ1) is 18.9. The first-order valence-electron chi connectivity index (χ1n) is 13.3. The zero-order valence-corrected chi connectivity index (χ0v) is 22.1. The van der Waals surface area contributed by atoms with Crippen LogP contribution in [0.2, 0.25) is 0 Å². The number of carbonyl (C=O) groups is 3. The first-order valence-corrected chi connectivity index (χ1v) is 13.3. The van der Waals surface area contributed by atoms with Crippen LogP contribution >= 0.6 is 0 Å². The number of carbonyl (C=O) groups excluding carboxylic acids is 3. The summed E-state index contributed by atoms with van der Waals surface area (Å²) in [5.41, 5.74) is 3.61. The van der Waals surface area contributed by atoms with Gasteiger partial charge in [-0.15, -0.1) is 0 Å². The van der Waals surface area contributed by atoms with Crippen LogP contribution in [0.1, 0.15) is 62.4 Å². The second-order valence-electron chi connectivity index (χ2n) is 10.0. The van der Waals surface area contributed by atoms with Gasteiger partial charge in [0.1, 0.15) is 30.5 Å². The number of benzene rings is 2. The Morgan fingerprint density at radius 3 is 2.54 bits per heavy atom. The van der Waals surface area contributed by atoms with Gasteiger partial charge in [0.15, 0.2) is 5.78 Å². The molecule has 1 atom stereocenters. The highest BCUT2D eigenvalue weighted by atomic mass is 16.5. The number of amides is 2. The van der Waals surface area contributed by atoms with Gasteiger partial charge in [0.25, 0.3) is 5.91 Å². The number of nitrogens with zero attached hydrogens (tertiary/aromatic N) is 2. The van der Waals surface area contributed by atoms with Crippen LogP contribution in [-0.4, -0.2) is 39.8 Å². The van der Waals surface area contributed by atoms with E-state index in [0.29, 0.717) is 23.0 Å². The third-order valence-corrected chi connectivity index (χ3v) is 6.98. The van der Waals surface area contributed by atoms with Crippen LogP contribution in [0.15, 0.2) is 65.5 Å². The van der Waals surface area contributed by atoms with Crippen LogP contribution in [-0.2, 0) is 9.59 Å². The SMILES string of the molecule is CC(=O)COc1ccc(NC(=O)C(C)NC(=O)c2ccc3c(c2)nc(-c2ccoc2)n3C2CCCCC2)cc1. The van der Waals surface area contributed by atoms with Gasteiger partial charge >= 0.3 is 0 Å². The lowest BCUT2D eigenvalue weighted by atomic mass is 9.95. The van der Waals surface area contributed by atoms with Gasteiger partial charge in [0, 0.05) is 17.3 Å². The fourth-order valence-corrected chi connectivity index (χ4v) is 4.96. The lowest BCUT2D eigenvalue weighted by Gasteiger charge is -2.25. The molecule has 1 saturated carbocycles. The van der Waals surface area contributed by atoms with Crippen molar-refractivity contribution >= 4 is 34.3 Å². The van der Waals surface area contributed by atoms with E-state index in [0.717, 1.165) is 35.3 Å². The topological polar surface area (TPSA) is 115 Å². The quantitative estimate of drug-likeness (QED) is 0.295. The lowest BCUT2D eigenvalue weighted by molar-refractivity contribution is -0.119. The zero-order valence-electron chi connectivity index (χ0n) is 22.1. The van der Waals surface area contributed by atoms with Crippen LogP contribution in [0.25, 0.3) is 22.4 Å². The molecule has 9 nitrogen and oxygen atoms in total. The Kier molecular flexibility index (Phi) is 7.76. The highest BCUT2D eigenvalue weighted by Gasteiger charge is 2.24. The Balaban J connectivity index is 1.28. The van der Waals surface area contributed by atoms with E-state index in [1.54, 1.807) is 55.8 Å². The van der Waals surface area contributed by atoms with Crippen LogP contribution in [0.4, 0.5) is 5.69 Å². The molecule has 2 amide bonds. The molecule has 5 rings (SSSR count). The number of ketones is 1. The summed E-state index contributed by atoms with van der Waals surface area (Å²) in [5, 5.41) is 5.56. The molecule has 1 aliphatic carbocycles. The van der Waals surface area contributed by atoms with E-state index in [4.69, 9.17) is 14.1 Å². The number of furan rings is 1. The summed E-state index contributed by atoms with van der Waals surface area (Å²) in [6.45, 7) is 3.07. The van der Waals surface area contributed by atoms with Crippen LogP contribution < -0.4 is 15.4 Å². The van der Waals surface area contributed by atoms with Crippen molar-refractivity contribution in [2.75, 3.05) is 11.9 Å². The molecular formula is C30H32N4O5. The zero-order chi connectivity index (χ0) is 27.4. The summed E-state index contributed by atoms with van der Waals surface area (Å²) in [5.74, 6) is 0.581. The minimum absolute atomic E-state index is 0.00791. The molecule has 1 aliphatic rings. The summed E-state index contributed by atoms with van der Waals surface area (Å²) in [7, 11) is 0. The second kappa shape index (κ2) is 11.6. The van der Waals surface area contributed by atoms with E-state index in [1.165, 1.54) is 26.2 Å². The van der Waals surface area contributed by atoms with Gasteiger partial charge in [-0.05, 0) is 75.2 Å². The van der Waals surface area contributed by atoms with Gasteiger partial charge in [0.2, 0.25) is 5.91 Å². The van der Waals surface area contributed by atoms with Crippen molar-refractivity contribution in [3.63, 3.8) is 0 Å². The molecule has 202 valence electrons. The summed E-state index contributed by atoms with van der Waals surface area (Å²) in [6, 6.07) is 13.7. The fraction of sp³-hybridized carbons (Fsp3) is 0.333. The van der Waals surface area contributed by atoms with Gasteiger partial charge in [-0.25, -0.2) is 4.98 Å². The average molecular weight is 529 g/mol. The molecule has 0 aliphatic heterocycles. The largest absolute Gasteiger partial charge is 0.486 e.